The summed E-state index contributed by atoms with van der Waals surface area (Å²) in [5, 5.41) is 4.88. The maximum absolute atomic E-state index is 11.8. The molecule has 0 aliphatic heterocycles. The van der Waals surface area contributed by atoms with Gasteiger partial charge in [-0.05, 0) is 43.7 Å². The molecule has 0 fully saturated rings. The van der Waals surface area contributed by atoms with Crippen LogP contribution in [0.5, 0.6) is 0 Å². The Hall–Kier alpha value is -3.08. The number of carbonyl (C=O) groups is 2. The van der Waals surface area contributed by atoms with Crippen molar-refractivity contribution in [1.29, 1.82) is 0 Å². The summed E-state index contributed by atoms with van der Waals surface area (Å²) in [4.78, 5) is 22.8. The second kappa shape index (κ2) is 6.81. The third-order valence-electron chi connectivity index (χ3n) is 4.33. The van der Waals surface area contributed by atoms with Gasteiger partial charge >= 0.3 is 0 Å². The molecule has 25 heavy (non-hydrogen) atoms. The summed E-state index contributed by atoms with van der Waals surface area (Å²) >= 11 is 0. The fourth-order valence-corrected chi connectivity index (χ4v) is 3.02. The van der Waals surface area contributed by atoms with E-state index >= 15 is 0 Å². The molecule has 0 radical (unpaired) electrons. The topological polar surface area (TPSA) is 77.1 Å². The van der Waals surface area contributed by atoms with E-state index in [2.05, 4.69) is 41.1 Å². The normalized spacial score (nSPS) is 12.7. The van der Waals surface area contributed by atoms with Crippen LogP contribution in [0.2, 0.25) is 0 Å². The van der Waals surface area contributed by atoms with Gasteiger partial charge in [-0.2, -0.15) is 0 Å². The summed E-state index contributed by atoms with van der Waals surface area (Å²) in [6.07, 6.45) is 3.15. The van der Waals surface area contributed by atoms with Gasteiger partial charge in [0.2, 0.25) is 11.8 Å². The first kappa shape index (κ1) is 16.8. The zero-order chi connectivity index (χ0) is 18.0. The van der Waals surface area contributed by atoms with Crippen LogP contribution in [-0.2, 0) is 16.1 Å². The van der Waals surface area contributed by atoms with Gasteiger partial charge in [0.05, 0.1) is 0 Å². The molecule has 0 aliphatic carbocycles. The lowest BCUT2D eigenvalue weighted by Crippen LogP contribution is -2.41. The Morgan fingerprint density at radius 3 is 2.60 bits per heavy atom. The fraction of sp³-hybridized carbons (Fsp3) is 0.200. The molecule has 3 aromatic rings. The van der Waals surface area contributed by atoms with Gasteiger partial charge in [0.1, 0.15) is 6.04 Å². The van der Waals surface area contributed by atoms with Crippen molar-refractivity contribution in [3.05, 3.63) is 54.1 Å². The Labute approximate surface area is 146 Å². The molecule has 0 spiro atoms. The Bertz CT molecular complexity index is 985. The minimum absolute atomic E-state index is 0.345. The number of aromatic nitrogens is 1. The average molecular weight is 335 g/mol. The van der Waals surface area contributed by atoms with Gasteiger partial charge in [0.15, 0.2) is 0 Å². The number of hydrogen-bond acceptors (Lipinski definition) is 2. The number of fused-ring (bicyclic) bond motifs is 3. The van der Waals surface area contributed by atoms with Gasteiger partial charge in [-0.3, -0.25) is 9.59 Å². The lowest BCUT2D eigenvalue weighted by Gasteiger charge is -2.07. The molecular weight excluding hydrogens is 314 g/mol. The maximum atomic E-state index is 11.8. The first-order valence-corrected chi connectivity index (χ1v) is 8.30. The molecule has 3 rings (SSSR count). The van der Waals surface area contributed by atoms with Crippen LogP contribution in [-0.4, -0.2) is 22.4 Å². The van der Waals surface area contributed by atoms with Gasteiger partial charge in [-0.1, -0.05) is 24.3 Å². The van der Waals surface area contributed by atoms with Gasteiger partial charge in [-0.25, -0.2) is 0 Å². The molecule has 0 bridgehead atoms. The molecule has 2 aromatic carbocycles. The number of carbonyl (C=O) groups excluding carboxylic acids is 2. The number of para-hydroxylation sites is 1. The quantitative estimate of drug-likeness (QED) is 0.703. The van der Waals surface area contributed by atoms with Crippen molar-refractivity contribution in [3.63, 3.8) is 0 Å². The molecule has 0 saturated heterocycles. The molecule has 5 heteroatoms. The van der Waals surface area contributed by atoms with Crippen molar-refractivity contribution < 1.29 is 9.59 Å². The minimum atomic E-state index is -0.692. The number of primary amides is 1. The molecule has 1 unspecified atom stereocenters. The standard InChI is InChI=1S/C20H21N3O2/c1-3-23-17-7-5-4-6-15(17)16-12-14(8-10-18(16)23)9-11-19(24)22-13(2)20(21)25/h4-13H,3H2,1-2H3,(H2,21,25)(H,22,24)/b11-9+. The van der Waals surface area contributed by atoms with E-state index < -0.39 is 11.9 Å². The number of nitrogens with one attached hydrogen (secondary N) is 1. The van der Waals surface area contributed by atoms with Crippen LogP contribution in [0.1, 0.15) is 19.4 Å². The van der Waals surface area contributed by atoms with Crippen LogP contribution in [0.3, 0.4) is 0 Å². The molecule has 2 amide bonds. The van der Waals surface area contributed by atoms with Crippen molar-refractivity contribution in [3.8, 4) is 0 Å². The van der Waals surface area contributed by atoms with E-state index in [0.717, 1.165) is 17.5 Å². The number of rotatable bonds is 5. The van der Waals surface area contributed by atoms with Crippen molar-refractivity contribution in [2.45, 2.75) is 26.4 Å². The zero-order valence-corrected chi connectivity index (χ0v) is 14.3. The summed E-state index contributed by atoms with van der Waals surface area (Å²) in [6, 6.07) is 13.7. The van der Waals surface area contributed by atoms with Gasteiger partial charge in [0.25, 0.3) is 0 Å². The number of hydrogen-bond donors (Lipinski definition) is 2. The highest BCUT2D eigenvalue weighted by Gasteiger charge is 2.11. The van der Waals surface area contributed by atoms with Crippen LogP contribution >= 0.6 is 0 Å². The Morgan fingerprint density at radius 2 is 1.88 bits per heavy atom. The smallest absolute Gasteiger partial charge is 0.244 e. The largest absolute Gasteiger partial charge is 0.368 e. The SMILES string of the molecule is CCn1c2ccccc2c2cc(/C=C/C(=O)NC(C)C(N)=O)ccc21. The Kier molecular flexibility index (Phi) is 4.57. The lowest BCUT2D eigenvalue weighted by atomic mass is 10.1. The van der Waals surface area contributed by atoms with E-state index in [1.54, 1.807) is 13.0 Å². The molecular formula is C20H21N3O2. The summed E-state index contributed by atoms with van der Waals surface area (Å²) in [7, 11) is 0. The highest BCUT2D eigenvalue weighted by Crippen LogP contribution is 2.29. The van der Waals surface area contributed by atoms with Crippen molar-refractivity contribution in [2.24, 2.45) is 5.73 Å². The van der Waals surface area contributed by atoms with Crippen molar-refractivity contribution >= 4 is 39.7 Å². The predicted molar refractivity (Wildman–Crippen MR) is 101 cm³/mol. The monoisotopic (exact) mass is 335 g/mol. The van der Waals surface area contributed by atoms with E-state index in [4.69, 9.17) is 5.73 Å². The summed E-state index contributed by atoms with van der Waals surface area (Å²) in [5.41, 5.74) is 8.44. The van der Waals surface area contributed by atoms with E-state index in [0.29, 0.717) is 0 Å². The van der Waals surface area contributed by atoms with Crippen LogP contribution < -0.4 is 11.1 Å². The molecule has 3 N–H and O–H groups in total. The molecule has 5 nitrogen and oxygen atoms in total. The maximum Gasteiger partial charge on any atom is 0.244 e. The second-order valence-electron chi connectivity index (χ2n) is 6.00. The number of nitrogens with zero attached hydrogens (tertiary/aromatic N) is 1. The summed E-state index contributed by atoms with van der Waals surface area (Å²) < 4.78 is 2.28. The highest BCUT2D eigenvalue weighted by atomic mass is 16.2. The minimum Gasteiger partial charge on any atom is -0.368 e. The van der Waals surface area contributed by atoms with Crippen LogP contribution in [0.25, 0.3) is 27.9 Å². The van der Waals surface area contributed by atoms with Crippen LogP contribution in [0.4, 0.5) is 0 Å². The first-order valence-electron chi connectivity index (χ1n) is 8.30. The van der Waals surface area contributed by atoms with E-state index in [1.807, 2.05) is 18.2 Å². The van der Waals surface area contributed by atoms with Gasteiger partial charge in [-0.15, -0.1) is 0 Å². The number of benzene rings is 2. The van der Waals surface area contributed by atoms with Crippen molar-refractivity contribution in [2.75, 3.05) is 0 Å². The molecule has 0 aliphatic rings. The lowest BCUT2D eigenvalue weighted by molar-refractivity contribution is -0.124. The Morgan fingerprint density at radius 1 is 1.16 bits per heavy atom. The number of aryl methyl sites for hydroxylation is 1. The zero-order valence-electron chi connectivity index (χ0n) is 14.3. The van der Waals surface area contributed by atoms with E-state index in [1.165, 1.54) is 22.5 Å². The molecule has 1 heterocycles. The average Bonchev–Trinajstić information content (AvgIpc) is 2.93. The number of amides is 2. The molecule has 0 saturated carbocycles. The van der Waals surface area contributed by atoms with Crippen LogP contribution in [0, 0.1) is 0 Å². The first-order chi connectivity index (χ1) is 12.0. The fourth-order valence-electron chi connectivity index (χ4n) is 3.02. The molecule has 128 valence electrons. The van der Waals surface area contributed by atoms with E-state index in [-0.39, 0.29) is 5.91 Å². The second-order valence-corrected chi connectivity index (χ2v) is 6.00. The number of nitrogens with two attached hydrogens (primary N) is 1. The van der Waals surface area contributed by atoms with Gasteiger partial charge in [0, 0.05) is 34.4 Å². The highest BCUT2D eigenvalue weighted by molar-refractivity contribution is 6.08. The molecule has 1 atom stereocenters. The molecule has 1 aromatic heterocycles. The predicted octanol–water partition coefficient (Wildman–Crippen LogP) is 2.82. The van der Waals surface area contributed by atoms with Crippen molar-refractivity contribution in [1.82, 2.24) is 9.88 Å². The van der Waals surface area contributed by atoms with Gasteiger partial charge < -0.3 is 15.6 Å². The summed E-state index contributed by atoms with van der Waals surface area (Å²) in [5.74, 6) is -0.905. The van der Waals surface area contributed by atoms with Crippen LogP contribution in [0.15, 0.2) is 48.5 Å². The third-order valence-corrected chi connectivity index (χ3v) is 4.33. The summed E-state index contributed by atoms with van der Waals surface area (Å²) in [6.45, 7) is 4.58. The van der Waals surface area contributed by atoms with E-state index in [9.17, 15) is 9.59 Å². The third kappa shape index (κ3) is 3.26. The Balaban J connectivity index is 1.94.